The molecule has 0 unspecified atom stereocenters. The number of imide groups is 2. The van der Waals surface area contributed by atoms with Gasteiger partial charge in [-0.2, -0.15) is 0 Å². The molecule has 0 saturated carbocycles. The van der Waals surface area contributed by atoms with Crippen molar-refractivity contribution < 1.29 is 19.1 Å². The number of rotatable bonds is 5. The Hall–Kier alpha value is -3.32. The van der Waals surface area contributed by atoms with Crippen LogP contribution in [0, 0.1) is 13.8 Å². The van der Waals surface area contributed by atoms with Crippen molar-refractivity contribution >= 4 is 64.4 Å². The van der Waals surface area contributed by atoms with E-state index in [0.717, 1.165) is 21.6 Å². The van der Waals surface area contributed by atoms with Crippen molar-refractivity contribution in [2.75, 3.05) is 4.90 Å². The number of carbonyl (C=O) groups is 3. The molecule has 35 heavy (non-hydrogen) atoms. The number of hydrogen-bond donors (Lipinski definition) is 1. The highest BCUT2D eigenvalue weighted by Crippen LogP contribution is 2.35. The van der Waals surface area contributed by atoms with Crippen LogP contribution in [0.15, 0.2) is 60.2 Å². The van der Waals surface area contributed by atoms with Crippen LogP contribution in [0.2, 0.25) is 15.1 Å². The van der Waals surface area contributed by atoms with Crippen LogP contribution < -0.4 is 15.0 Å². The van der Waals surface area contributed by atoms with Gasteiger partial charge in [0.1, 0.15) is 17.9 Å². The monoisotopic (exact) mass is 528 g/mol. The van der Waals surface area contributed by atoms with E-state index in [1.807, 2.05) is 13.8 Å². The van der Waals surface area contributed by atoms with Gasteiger partial charge in [0.2, 0.25) is 0 Å². The van der Waals surface area contributed by atoms with Gasteiger partial charge in [-0.1, -0.05) is 53.0 Å². The van der Waals surface area contributed by atoms with E-state index in [-0.39, 0.29) is 28.0 Å². The van der Waals surface area contributed by atoms with Crippen LogP contribution in [0.4, 0.5) is 10.5 Å². The van der Waals surface area contributed by atoms with Gasteiger partial charge in [-0.25, -0.2) is 9.69 Å². The highest BCUT2D eigenvalue weighted by Gasteiger charge is 2.37. The minimum Gasteiger partial charge on any atom is -0.487 e. The summed E-state index contributed by atoms with van der Waals surface area (Å²) in [6.07, 6.45) is 1.31. The number of hydrogen-bond acceptors (Lipinski definition) is 4. The Morgan fingerprint density at radius 2 is 1.60 bits per heavy atom. The minimum atomic E-state index is -0.833. The second-order valence-electron chi connectivity index (χ2n) is 7.95. The van der Waals surface area contributed by atoms with Gasteiger partial charge < -0.3 is 4.74 Å². The molecule has 1 aliphatic heterocycles. The minimum absolute atomic E-state index is 0.155. The first-order chi connectivity index (χ1) is 16.6. The van der Waals surface area contributed by atoms with Gasteiger partial charge in [-0.05, 0) is 73.0 Å². The van der Waals surface area contributed by atoms with Gasteiger partial charge in [0.25, 0.3) is 11.8 Å². The second kappa shape index (κ2) is 10.1. The van der Waals surface area contributed by atoms with Crippen LogP contribution in [0.1, 0.15) is 22.3 Å². The molecule has 4 amide bonds. The number of nitrogens with zero attached hydrogens (tertiary/aromatic N) is 1. The van der Waals surface area contributed by atoms with Gasteiger partial charge in [-0.15, -0.1) is 0 Å². The van der Waals surface area contributed by atoms with Gasteiger partial charge in [0.05, 0.1) is 10.7 Å². The molecule has 0 bridgehead atoms. The molecule has 0 aliphatic carbocycles. The summed E-state index contributed by atoms with van der Waals surface area (Å²) < 4.78 is 5.92. The van der Waals surface area contributed by atoms with E-state index in [4.69, 9.17) is 39.5 Å². The van der Waals surface area contributed by atoms with Crippen LogP contribution in [0.5, 0.6) is 5.75 Å². The fourth-order valence-corrected chi connectivity index (χ4v) is 4.18. The third-order valence-corrected chi connectivity index (χ3v) is 6.23. The van der Waals surface area contributed by atoms with Crippen molar-refractivity contribution in [3.05, 3.63) is 97.5 Å². The van der Waals surface area contributed by atoms with Crippen molar-refractivity contribution in [1.29, 1.82) is 0 Å². The molecule has 1 heterocycles. The zero-order valence-corrected chi connectivity index (χ0v) is 21.0. The van der Waals surface area contributed by atoms with Crippen LogP contribution >= 0.6 is 34.8 Å². The Kier molecular flexibility index (Phi) is 7.17. The third kappa shape index (κ3) is 5.35. The van der Waals surface area contributed by atoms with E-state index in [0.29, 0.717) is 16.3 Å². The molecule has 6 nitrogen and oxygen atoms in total. The van der Waals surface area contributed by atoms with E-state index in [1.165, 1.54) is 18.2 Å². The van der Waals surface area contributed by atoms with E-state index in [1.54, 1.807) is 42.5 Å². The maximum Gasteiger partial charge on any atom is 0.335 e. The SMILES string of the molecule is Cc1ccc(N2C(=O)NC(=O)/C(=C\c3cc(Cl)cc(Cl)c3OCc3ccc(Cl)cc3)C2=O)cc1C. The molecule has 3 aromatic rings. The van der Waals surface area contributed by atoms with E-state index < -0.39 is 17.8 Å². The molecule has 3 aromatic carbocycles. The molecule has 1 aliphatic rings. The highest BCUT2D eigenvalue weighted by atomic mass is 35.5. The zero-order chi connectivity index (χ0) is 25.3. The maximum absolute atomic E-state index is 13.3. The van der Waals surface area contributed by atoms with Crippen LogP contribution in [0.25, 0.3) is 6.08 Å². The largest absolute Gasteiger partial charge is 0.487 e. The van der Waals surface area contributed by atoms with E-state index in [2.05, 4.69) is 5.32 Å². The summed E-state index contributed by atoms with van der Waals surface area (Å²) in [4.78, 5) is 39.4. The summed E-state index contributed by atoms with van der Waals surface area (Å²) in [6, 6.07) is 14.4. The summed E-state index contributed by atoms with van der Waals surface area (Å²) in [5.41, 5.74) is 3.11. The molecule has 1 N–H and O–H groups in total. The number of amides is 4. The third-order valence-electron chi connectivity index (χ3n) is 5.48. The maximum atomic E-state index is 13.3. The zero-order valence-electron chi connectivity index (χ0n) is 18.7. The van der Waals surface area contributed by atoms with Gasteiger partial charge >= 0.3 is 6.03 Å². The molecule has 178 valence electrons. The smallest absolute Gasteiger partial charge is 0.335 e. The normalized spacial score (nSPS) is 14.9. The number of benzene rings is 3. The van der Waals surface area contributed by atoms with Crippen molar-refractivity contribution in [3.63, 3.8) is 0 Å². The van der Waals surface area contributed by atoms with Gasteiger partial charge in [0, 0.05) is 15.6 Å². The summed E-state index contributed by atoms with van der Waals surface area (Å²) in [7, 11) is 0. The molecule has 4 rings (SSSR count). The number of urea groups is 1. The Morgan fingerprint density at radius 1 is 0.886 bits per heavy atom. The van der Waals surface area contributed by atoms with Gasteiger partial charge in [0.15, 0.2) is 0 Å². The van der Waals surface area contributed by atoms with Crippen molar-refractivity contribution in [1.82, 2.24) is 5.32 Å². The van der Waals surface area contributed by atoms with Crippen LogP contribution in [-0.2, 0) is 16.2 Å². The molecule has 1 fully saturated rings. The lowest BCUT2D eigenvalue weighted by molar-refractivity contribution is -0.122. The molecule has 0 spiro atoms. The Balaban J connectivity index is 1.71. The topological polar surface area (TPSA) is 75.7 Å². The molecule has 0 radical (unpaired) electrons. The molecular formula is C26H19Cl3N2O4. The first-order valence-corrected chi connectivity index (χ1v) is 11.6. The van der Waals surface area contributed by atoms with Crippen molar-refractivity contribution in [3.8, 4) is 5.75 Å². The number of carbonyl (C=O) groups excluding carboxylic acids is 3. The Bertz CT molecular complexity index is 1380. The molecule has 0 atom stereocenters. The first-order valence-electron chi connectivity index (χ1n) is 10.5. The van der Waals surface area contributed by atoms with E-state index in [9.17, 15) is 14.4 Å². The van der Waals surface area contributed by atoms with Crippen molar-refractivity contribution in [2.45, 2.75) is 20.5 Å². The Morgan fingerprint density at radius 3 is 2.29 bits per heavy atom. The van der Waals surface area contributed by atoms with Crippen LogP contribution in [-0.4, -0.2) is 17.8 Å². The number of barbiturate groups is 1. The summed E-state index contributed by atoms with van der Waals surface area (Å²) >= 11 is 18.5. The quantitative estimate of drug-likeness (QED) is 0.302. The lowest BCUT2D eigenvalue weighted by atomic mass is 10.0. The van der Waals surface area contributed by atoms with Crippen LogP contribution in [0.3, 0.4) is 0 Å². The second-order valence-corrected chi connectivity index (χ2v) is 9.23. The lowest BCUT2D eigenvalue weighted by Crippen LogP contribution is -2.54. The molecule has 0 aromatic heterocycles. The average Bonchev–Trinajstić information content (AvgIpc) is 2.79. The fourth-order valence-electron chi connectivity index (χ4n) is 3.49. The summed E-state index contributed by atoms with van der Waals surface area (Å²) in [6.45, 7) is 3.94. The number of anilines is 1. The molecule has 9 heteroatoms. The van der Waals surface area contributed by atoms with Gasteiger partial charge in [-0.3, -0.25) is 14.9 Å². The van der Waals surface area contributed by atoms with Crippen molar-refractivity contribution in [2.24, 2.45) is 0 Å². The first kappa shape index (κ1) is 24.8. The standard InChI is InChI=1S/C26H19Cl3N2O4/c1-14-3-8-20(9-15(14)2)31-25(33)21(24(32)30-26(31)34)11-17-10-19(28)12-22(29)23(17)35-13-16-4-6-18(27)7-5-16/h3-12H,13H2,1-2H3,(H,30,32,34)/b21-11+. The predicted molar refractivity (Wildman–Crippen MR) is 137 cm³/mol. The molecule has 1 saturated heterocycles. The molecular weight excluding hydrogens is 511 g/mol. The number of nitrogens with one attached hydrogen (secondary N) is 1. The highest BCUT2D eigenvalue weighted by molar-refractivity contribution is 6.40. The fraction of sp³-hybridized carbons (Fsp3) is 0.115. The average molecular weight is 530 g/mol. The summed E-state index contributed by atoms with van der Waals surface area (Å²) in [5.74, 6) is -1.38. The summed E-state index contributed by atoms with van der Waals surface area (Å²) in [5, 5.41) is 3.29. The number of aryl methyl sites for hydroxylation is 2. The number of halogens is 3. The number of ether oxygens (including phenoxy) is 1. The van der Waals surface area contributed by atoms with E-state index >= 15 is 0 Å². The lowest BCUT2D eigenvalue weighted by Gasteiger charge is -2.27. The Labute approximate surface area is 217 Å². The predicted octanol–water partition coefficient (Wildman–Crippen LogP) is 6.51.